The Bertz CT molecular complexity index is 776. The number of nitrogens with one attached hydrogen (secondary N) is 2. The van der Waals surface area contributed by atoms with Crippen molar-refractivity contribution >= 4 is 23.6 Å². The number of carbonyl (C=O) groups is 2. The maximum Gasteiger partial charge on any atom is 0.387 e. The number of carbonyl (C=O) groups excluding carboxylic acids is 2. The van der Waals surface area contributed by atoms with Gasteiger partial charge in [-0.05, 0) is 42.0 Å². The summed E-state index contributed by atoms with van der Waals surface area (Å²) in [4.78, 5) is 23.3. The van der Waals surface area contributed by atoms with E-state index in [-0.39, 0.29) is 11.3 Å². The van der Waals surface area contributed by atoms with Crippen LogP contribution in [0.5, 0.6) is 5.75 Å². The Hall–Kier alpha value is -3.26. The number of halogens is 2. The molecule has 0 fully saturated rings. The molecule has 130 valence electrons. The fourth-order valence-corrected chi connectivity index (χ4v) is 1.94. The van der Waals surface area contributed by atoms with Crippen molar-refractivity contribution in [2.24, 2.45) is 0 Å². The molecule has 0 aliphatic carbocycles. The molecule has 0 radical (unpaired) electrons. The van der Waals surface area contributed by atoms with Crippen molar-refractivity contribution in [3.63, 3.8) is 0 Å². The van der Waals surface area contributed by atoms with Crippen LogP contribution in [0, 0.1) is 0 Å². The Kier molecular flexibility index (Phi) is 6.19. The highest BCUT2D eigenvalue weighted by Crippen LogP contribution is 2.19. The van der Waals surface area contributed by atoms with Gasteiger partial charge in [-0.15, -0.1) is 0 Å². The molecule has 0 unspecified atom stereocenters. The minimum Gasteiger partial charge on any atom is -0.435 e. The van der Waals surface area contributed by atoms with Crippen molar-refractivity contribution in [1.82, 2.24) is 5.48 Å². The van der Waals surface area contributed by atoms with Crippen LogP contribution >= 0.6 is 0 Å². The summed E-state index contributed by atoms with van der Waals surface area (Å²) in [6.07, 6.45) is 2.52. The first-order valence-corrected chi connectivity index (χ1v) is 7.07. The van der Waals surface area contributed by atoms with Crippen molar-refractivity contribution in [1.29, 1.82) is 0 Å². The average Bonchev–Trinajstić information content (AvgIpc) is 2.60. The average molecular weight is 348 g/mol. The molecule has 6 nitrogen and oxygen atoms in total. The van der Waals surface area contributed by atoms with E-state index >= 15 is 0 Å². The molecular weight excluding hydrogens is 334 g/mol. The van der Waals surface area contributed by atoms with Gasteiger partial charge in [-0.3, -0.25) is 14.8 Å². The summed E-state index contributed by atoms with van der Waals surface area (Å²) in [5, 5.41) is 11.1. The fraction of sp³-hybridized carbons (Fsp3) is 0.0588. The Morgan fingerprint density at radius 2 is 1.76 bits per heavy atom. The highest BCUT2D eigenvalue weighted by Gasteiger charge is 2.10. The molecule has 0 aliphatic heterocycles. The number of para-hydroxylation sites is 1. The first kappa shape index (κ1) is 18.1. The number of ether oxygens (including phenoxy) is 1. The zero-order chi connectivity index (χ0) is 18.2. The number of anilines is 1. The van der Waals surface area contributed by atoms with E-state index in [1.807, 2.05) is 0 Å². The van der Waals surface area contributed by atoms with Gasteiger partial charge in [0.25, 0.3) is 11.8 Å². The lowest BCUT2D eigenvalue weighted by Crippen LogP contribution is -2.15. The maximum atomic E-state index is 12.3. The third kappa shape index (κ3) is 5.40. The van der Waals surface area contributed by atoms with E-state index in [0.717, 1.165) is 6.08 Å². The standard InChI is InChI=1S/C17H14F2N2O4/c18-17(19)25-13-8-5-12(6-9-13)16(23)20-14-4-2-1-3-11(14)7-10-15(22)21-24/h1-10,17,24H,(H,20,23)(H,21,22)/b10-7+. The van der Waals surface area contributed by atoms with Crippen LogP contribution < -0.4 is 15.5 Å². The zero-order valence-corrected chi connectivity index (χ0v) is 12.8. The normalized spacial score (nSPS) is 10.7. The summed E-state index contributed by atoms with van der Waals surface area (Å²) < 4.78 is 28.4. The molecule has 8 heteroatoms. The number of rotatable bonds is 6. The predicted molar refractivity (Wildman–Crippen MR) is 86.4 cm³/mol. The second kappa shape index (κ2) is 8.55. The lowest BCUT2D eigenvalue weighted by atomic mass is 10.1. The molecule has 0 saturated carbocycles. The maximum absolute atomic E-state index is 12.3. The SMILES string of the molecule is O=C(/C=C/c1ccccc1NC(=O)c1ccc(OC(F)F)cc1)NO. The van der Waals surface area contributed by atoms with Gasteiger partial charge in [-0.2, -0.15) is 8.78 Å². The van der Waals surface area contributed by atoms with Gasteiger partial charge < -0.3 is 10.1 Å². The van der Waals surface area contributed by atoms with Gasteiger partial charge in [-0.1, -0.05) is 18.2 Å². The first-order chi connectivity index (χ1) is 12.0. The highest BCUT2D eigenvalue weighted by atomic mass is 19.3. The van der Waals surface area contributed by atoms with Crippen molar-refractivity contribution in [3.05, 3.63) is 65.7 Å². The Morgan fingerprint density at radius 1 is 1.08 bits per heavy atom. The van der Waals surface area contributed by atoms with Gasteiger partial charge in [0.1, 0.15) is 5.75 Å². The van der Waals surface area contributed by atoms with Crippen LogP contribution in [-0.2, 0) is 4.79 Å². The number of amides is 2. The zero-order valence-electron chi connectivity index (χ0n) is 12.8. The van der Waals surface area contributed by atoms with Gasteiger partial charge >= 0.3 is 6.61 Å². The van der Waals surface area contributed by atoms with E-state index in [1.165, 1.54) is 35.8 Å². The third-order valence-corrected chi connectivity index (χ3v) is 3.08. The summed E-state index contributed by atoms with van der Waals surface area (Å²) in [5.74, 6) is -1.23. The topological polar surface area (TPSA) is 87.7 Å². The molecule has 2 aromatic carbocycles. The van der Waals surface area contributed by atoms with Crippen LogP contribution in [-0.4, -0.2) is 23.6 Å². The Balaban J connectivity index is 2.12. The molecule has 3 N–H and O–H groups in total. The summed E-state index contributed by atoms with van der Waals surface area (Å²) in [6.45, 7) is -2.94. The summed E-state index contributed by atoms with van der Waals surface area (Å²) in [6, 6.07) is 11.9. The smallest absolute Gasteiger partial charge is 0.387 e. The largest absolute Gasteiger partial charge is 0.435 e. The molecule has 0 heterocycles. The van der Waals surface area contributed by atoms with Crippen molar-refractivity contribution in [2.75, 3.05) is 5.32 Å². The minimum atomic E-state index is -2.94. The van der Waals surface area contributed by atoms with Crippen molar-refractivity contribution in [2.45, 2.75) is 6.61 Å². The lowest BCUT2D eigenvalue weighted by molar-refractivity contribution is -0.124. The van der Waals surface area contributed by atoms with E-state index in [1.54, 1.807) is 24.3 Å². The van der Waals surface area contributed by atoms with Gasteiger partial charge in [0.2, 0.25) is 0 Å². The number of hydrogen-bond acceptors (Lipinski definition) is 4. The molecule has 2 rings (SSSR count). The quantitative estimate of drug-likeness (QED) is 0.425. The summed E-state index contributed by atoms with van der Waals surface area (Å²) >= 11 is 0. The van der Waals surface area contributed by atoms with Crippen molar-refractivity contribution in [3.8, 4) is 5.75 Å². The van der Waals surface area contributed by atoms with Gasteiger partial charge in [0, 0.05) is 17.3 Å². The highest BCUT2D eigenvalue weighted by molar-refractivity contribution is 6.05. The molecule has 0 aromatic heterocycles. The second-order valence-electron chi connectivity index (χ2n) is 4.75. The van der Waals surface area contributed by atoms with Crippen LogP contribution in [0.15, 0.2) is 54.6 Å². The molecule has 25 heavy (non-hydrogen) atoms. The van der Waals surface area contributed by atoms with E-state index in [9.17, 15) is 18.4 Å². The van der Waals surface area contributed by atoms with E-state index in [0.29, 0.717) is 11.3 Å². The number of hydroxylamine groups is 1. The van der Waals surface area contributed by atoms with Crippen LogP contribution in [0.25, 0.3) is 6.08 Å². The van der Waals surface area contributed by atoms with E-state index in [4.69, 9.17) is 5.21 Å². The van der Waals surface area contributed by atoms with Crippen LogP contribution in [0.2, 0.25) is 0 Å². The Labute approximate surface area is 141 Å². The van der Waals surface area contributed by atoms with Gasteiger partial charge in [0.15, 0.2) is 0 Å². The number of benzene rings is 2. The third-order valence-electron chi connectivity index (χ3n) is 3.08. The molecule has 0 saturated heterocycles. The molecule has 2 aromatic rings. The molecule has 0 bridgehead atoms. The fourth-order valence-electron chi connectivity index (χ4n) is 1.94. The summed E-state index contributed by atoms with van der Waals surface area (Å²) in [5.41, 5.74) is 2.68. The first-order valence-electron chi connectivity index (χ1n) is 7.07. The predicted octanol–water partition coefficient (Wildman–Crippen LogP) is 3.06. The number of hydrogen-bond donors (Lipinski definition) is 3. The minimum absolute atomic E-state index is 0.0510. The van der Waals surface area contributed by atoms with Gasteiger partial charge in [0.05, 0.1) is 0 Å². The van der Waals surface area contributed by atoms with Crippen molar-refractivity contribution < 1.29 is 28.3 Å². The molecule has 0 atom stereocenters. The van der Waals surface area contributed by atoms with Gasteiger partial charge in [-0.25, -0.2) is 5.48 Å². The molecule has 0 aliphatic rings. The molecular formula is C17H14F2N2O4. The van der Waals surface area contributed by atoms with Crippen LogP contribution in [0.1, 0.15) is 15.9 Å². The molecule has 0 spiro atoms. The second-order valence-corrected chi connectivity index (χ2v) is 4.75. The van der Waals surface area contributed by atoms with Crippen LogP contribution in [0.4, 0.5) is 14.5 Å². The van der Waals surface area contributed by atoms with E-state index < -0.39 is 18.4 Å². The Morgan fingerprint density at radius 3 is 2.40 bits per heavy atom. The van der Waals surface area contributed by atoms with E-state index in [2.05, 4.69) is 10.1 Å². The summed E-state index contributed by atoms with van der Waals surface area (Å²) in [7, 11) is 0. The van der Waals surface area contributed by atoms with Crippen LogP contribution in [0.3, 0.4) is 0 Å². The monoisotopic (exact) mass is 348 g/mol. The number of alkyl halides is 2. The lowest BCUT2D eigenvalue weighted by Gasteiger charge is -2.09. The molecule has 2 amide bonds.